The van der Waals surface area contributed by atoms with Gasteiger partial charge in [-0.1, -0.05) is 0 Å². The Kier molecular flexibility index (Phi) is 50.9. The van der Waals surface area contributed by atoms with Crippen molar-refractivity contribution in [3.63, 3.8) is 0 Å². The molecule has 0 N–H and O–H groups in total. The number of rotatable bonds is 0. The first-order chi connectivity index (χ1) is 17.4. The minimum Gasteiger partial charge on any atom is 0 e. The van der Waals surface area contributed by atoms with Crippen molar-refractivity contribution in [2.45, 2.75) is 0 Å². The molecule has 0 aliphatic carbocycles. The lowest BCUT2D eigenvalue weighted by molar-refractivity contribution is 5.96. The van der Waals surface area contributed by atoms with Gasteiger partial charge in [0, 0.05) is 315 Å². The lowest BCUT2D eigenvalue weighted by Crippen LogP contribution is -1.41. The average Bonchev–Trinajstić information content (AvgIpc) is 2.87. The van der Waals surface area contributed by atoms with Gasteiger partial charge in [-0.15, -0.1) is 0 Å². The fourth-order valence-corrected chi connectivity index (χ4v) is 85.4. The van der Waals surface area contributed by atoms with E-state index in [0.717, 1.165) is 0 Å². The molecule has 0 nitrogen and oxygen atoms in total. The summed E-state index contributed by atoms with van der Waals surface area (Å²) >= 11 is 9.59. The normalized spacial score (nSPS) is 7.66. The Morgan fingerprint density at radius 1 is 0.143 bits per heavy atom. The van der Waals surface area contributed by atoms with E-state index in [1.54, 1.807) is 107 Å². The first-order valence-corrected chi connectivity index (χ1v) is 51.0. The second kappa shape index (κ2) is 41.7. The molecule has 0 bridgehead atoms. The highest BCUT2D eigenvalue weighted by atomic mass is 33.5. The van der Waals surface area contributed by atoms with Gasteiger partial charge in [-0.05, 0) is 0 Å². The molecule has 0 aromatic carbocycles. The van der Waals surface area contributed by atoms with Crippen LogP contribution in [0.1, 0.15) is 0 Å². The van der Waals surface area contributed by atoms with Crippen molar-refractivity contribution in [1.29, 1.82) is 0 Å². The lowest BCUT2D eigenvalue weighted by atomic mass is 30.7. The Hall–Kier alpha value is 7.70. The Balaban J connectivity index is 5.99. The monoisotopic (exact) mass is 1120 g/mol. The third-order valence-corrected chi connectivity index (χ3v) is 72.0. The average molecular weight is 1120 g/mol. The summed E-state index contributed by atoms with van der Waals surface area (Å²) in [4.78, 5) is 0. The van der Waals surface area contributed by atoms with Gasteiger partial charge >= 0.3 is 0 Å². The summed E-state index contributed by atoms with van der Waals surface area (Å²) in [6.07, 6.45) is 0. The van der Waals surface area contributed by atoms with Crippen molar-refractivity contribution < 1.29 is 0 Å². The summed E-state index contributed by atoms with van der Waals surface area (Å²) in [6.45, 7) is 0. The summed E-state index contributed by atoms with van der Waals surface area (Å²) in [5, 5.41) is 0. The molecule has 0 radical (unpaired) electrons. The van der Waals surface area contributed by atoms with Crippen molar-refractivity contribution >= 4 is 315 Å². The molecule has 0 aromatic heterocycles. The molecule has 0 aliphatic heterocycles. The van der Waals surface area contributed by atoms with E-state index in [9.17, 15) is 0 Å². The topological polar surface area (TPSA) is 0 Å². The quantitative estimate of drug-likeness (QED) is 0.334. The fraction of sp³-hybridized carbons (Fsp3) is 0. The van der Waals surface area contributed by atoms with E-state index in [1.807, 2.05) is 169 Å². The van der Waals surface area contributed by atoms with Crippen molar-refractivity contribution in [1.82, 2.24) is 0 Å². The van der Waals surface area contributed by atoms with Gasteiger partial charge in [-0.3, -0.25) is 0 Å². The molecular weight excluding hydrogens is 1120 g/mol. The summed E-state index contributed by atoms with van der Waals surface area (Å²) < 4.78 is 0. The van der Waals surface area contributed by atoms with Crippen LogP contribution in [0.5, 0.6) is 0 Å². The largest absolute Gasteiger partial charge is 0 e. The molecule has 0 fully saturated rings. The second-order valence-electron chi connectivity index (χ2n) is 2.25. The summed E-state index contributed by atoms with van der Waals surface area (Å²) in [5.41, 5.74) is 0. The van der Waals surface area contributed by atoms with Crippen LogP contribution >= 0.6 is 0 Å². The summed E-state index contributed by atoms with van der Waals surface area (Å²) in [6, 6.07) is 0. The van der Waals surface area contributed by atoms with Crippen LogP contribution < -0.4 is 0 Å². The number of hydrogen-bond donors (Lipinski definition) is 0. The first kappa shape index (κ1) is 42.7. The smallest absolute Gasteiger partial charge is 0 e. The molecule has 0 aromatic rings. The summed E-state index contributed by atoms with van der Waals surface area (Å²) in [7, 11) is 58.2. The van der Waals surface area contributed by atoms with Gasteiger partial charge < -0.3 is 0 Å². The van der Waals surface area contributed by atoms with Gasteiger partial charge in [0.2, 0.25) is 0 Å². The number of hydrogen-bond acceptors (Lipinski definition) is 2. The minimum absolute atomic E-state index is 1.37. The van der Waals surface area contributed by atoms with E-state index < -0.39 is 0 Å². The van der Waals surface area contributed by atoms with Crippen LogP contribution in [0, 0.1) is 0 Å². The van der Waals surface area contributed by atoms with Crippen molar-refractivity contribution in [3.8, 4) is 0 Å². The Bertz CT molecular complexity index is 2020. The van der Waals surface area contributed by atoms with Gasteiger partial charge in [0.25, 0.3) is 0 Å². The molecule has 210 valence electrons. The molecule has 0 rings (SSSR count). The van der Waals surface area contributed by atoms with Gasteiger partial charge in [0.15, 0.2) is 0 Å². The standard InChI is InChI=1S/S35/c1-3-5-7-9-11-13-15-17-19-21-23-25-27-29-31-33-35-34-32-30-28-26-24-22-20-18-16-14-12-10-8-6-4-2. The molecule has 0 saturated heterocycles. The van der Waals surface area contributed by atoms with E-state index in [1.165, 1.54) is 17.8 Å². The van der Waals surface area contributed by atoms with Crippen LogP contribution in [-0.2, 0) is 315 Å². The van der Waals surface area contributed by atoms with Crippen LogP contribution in [0.4, 0.5) is 0 Å². The minimum atomic E-state index is 1.37. The third kappa shape index (κ3) is 41.7. The molecule has 35 heteroatoms. The van der Waals surface area contributed by atoms with Gasteiger partial charge in [-0.25, -0.2) is 0 Å². The zero-order valence-corrected chi connectivity index (χ0v) is 42.9. The molecule has 0 spiro atoms. The van der Waals surface area contributed by atoms with Crippen molar-refractivity contribution in [3.05, 3.63) is 0 Å². The molecule has 35 heavy (non-hydrogen) atoms. The maximum absolute atomic E-state index is 4.80. The van der Waals surface area contributed by atoms with Gasteiger partial charge in [0.05, 0.1) is 0 Å². The van der Waals surface area contributed by atoms with Crippen LogP contribution in [0.25, 0.3) is 0 Å². The zero-order chi connectivity index (χ0) is 25.3. The van der Waals surface area contributed by atoms with Crippen LogP contribution in [-0.4, -0.2) is 0 Å². The van der Waals surface area contributed by atoms with E-state index in [-0.39, 0.29) is 0 Å². The molecule has 0 heterocycles. The predicted molar refractivity (Wildman–Crippen MR) is 258 cm³/mol. The maximum Gasteiger partial charge on any atom is 0 e. The Morgan fingerprint density at radius 2 is 0.229 bits per heavy atom. The predicted octanol–water partition coefficient (Wildman–Crippen LogP) is -0.0840. The first-order valence-electron chi connectivity index (χ1n) is 5.67. The highest BCUT2D eigenvalue weighted by molar-refractivity contribution is 8.80. The fourth-order valence-electron chi connectivity index (χ4n) is 0.352. The molecule has 0 atom stereocenters. The SMILES string of the molecule is S=S=S=S=S=S=S=S=S=S=S=S=S=S=S=S=S=S=S=S=S=S=S=S=S=S=S=S=S=S=S=S=S=S=S. The maximum atomic E-state index is 4.80. The zero-order valence-electron chi connectivity index (χ0n) is 14.3. The molecule has 0 aliphatic rings. The molecular formula is S35. The van der Waals surface area contributed by atoms with E-state index in [2.05, 4.69) is 0 Å². The van der Waals surface area contributed by atoms with E-state index in [4.69, 9.17) is 22.4 Å². The van der Waals surface area contributed by atoms with Gasteiger partial charge in [0.1, 0.15) is 0 Å². The van der Waals surface area contributed by atoms with Crippen molar-refractivity contribution in [2.24, 2.45) is 0 Å². The second-order valence-corrected chi connectivity index (χ2v) is 60.6. The lowest BCUT2D eigenvalue weighted by Gasteiger charge is -1.41. The molecule has 0 amide bonds. The van der Waals surface area contributed by atoms with E-state index >= 15 is 0 Å². The highest BCUT2D eigenvalue weighted by Crippen LogP contribution is 1.43. The Morgan fingerprint density at radius 3 is 0.314 bits per heavy atom. The van der Waals surface area contributed by atoms with Crippen LogP contribution in [0.2, 0.25) is 0 Å². The van der Waals surface area contributed by atoms with Gasteiger partial charge in [-0.2, -0.15) is 0 Å². The molecule has 0 saturated carbocycles. The molecule has 0 unspecified atom stereocenters. The van der Waals surface area contributed by atoms with Crippen molar-refractivity contribution in [2.75, 3.05) is 0 Å². The third-order valence-electron chi connectivity index (χ3n) is 0.889. The van der Waals surface area contributed by atoms with Crippen LogP contribution in [0.3, 0.4) is 0 Å². The summed E-state index contributed by atoms with van der Waals surface area (Å²) in [5.74, 6) is 0. The highest BCUT2D eigenvalue weighted by Gasteiger charge is 1.44. The Labute approximate surface area is 306 Å². The van der Waals surface area contributed by atoms with Crippen LogP contribution in [0.15, 0.2) is 0 Å². The van der Waals surface area contributed by atoms with E-state index in [0.29, 0.717) is 0 Å².